The summed E-state index contributed by atoms with van der Waals surface area (Å²) >= 11 is 0. The highest BCUT2D eigenvalue weighted by molar-refractivity contribution is 5.87. The van der Waals surface area contributed by atoms with Gasteiger partial charge in [-0.25, -0.2) is 4.68 Å². The van der Waals surface area contributed by atoms with Crippen molar-refractivity contribution in [3.63, 3.8) is 0 Å². The predicted molar refractivity (Wildman–Crippen MR) is 82.2 cm³/mol. The molecule has 0 N–H and O–H groups in total. The molecule has 2 heterocycles. The second-order valence-electron chi connectivity index (χ2n) is 6.31. The molecule has 1 aromatic carbocycles. The van der Waals surface area contributed by atoms with E-state index in [4.69, 9.17) is 4.74 Å². The minimum absolute atomic E-state index is 0.0536. The lowest BCUT2D eigenvalue weighted by Gasteiger charge is -2.15. The topological polar surface area (TPSA) is 90.2 Å². The molecule has 124 valence electrons. The van der Waals surface area contributed by atoms with Gasteiger partial charge in [-0.15, -0.1) is 5.10 Å². The van der Waals surface area contributed by atoms with E-state index in [0.717, 1.165) is 12.2 Å². The molecule has 1 saturated heterocycles. The molecule has 1 saturated carbocycles. The summed E-state index contributed by atoms with van der Waals surface area (Å²) in [5.74, 6) is 0.401. The lowest BCUT2D eigenvalue weighted by atomic mass is 10.1. The van der Waals surface area contributed by atoms with Gasteiger partial charge in [0.2, 0.25) is 5.91 Å². The van der Waals surface area contributed by atoms with Crippen LogP contribution in [0.15, 0.2) is 30.6 Å². The quantitative estimate of drug-likeness (QED) is 0.597. The lowest BCUT2D eigenvalue weighted by Crippen LogP contribution is -2.29. The van der Waals surface area contributed by atoms with Crippen LogP contribution in [0.3, 0.4) is 0 Å². The number of carbonyl (C=O) groups is 2. The second kappa shape index (κ2) is 6.03. The van der Waals surface area contributed by atoms with E-state index < -0.39 is 0 Å². The Morgan fingerprint density at radius 2 is 2.04 bits per heavy atom. The third kappa shape index (κ3) is 3.12. The number of hydrogen-bond acceptors (Lipinski definition) is 6. The molecule has 2 aromatic rings. The van der Waals surface area contributed by atoms with Gasteiger partial charge >= 0.3 is 5.97 Å². The normalized spacial score (nSPS) is 20.4. The first kappa shape index (κ1) is 14.8. The molecular weight excluding hydrogens is 310 g/mol. The first-order valence-corrected chi connectivity index (χ1v) is 8.02. The maximum absolute atomic E-state index is 12.3. The zero-order valence-corrected chi connectivity index (χ0v) is 13.0. The molecule has 4 rings (SSSR count). The van der Waals surface area contributed by atoms with Crippen LogP contribution >= 0.6 is 0 Å². The fourth-order valence-electron chi connectivity index (χ4n) is 2.86. The molecule has 8 heteroatoms. The number of tetrazole rings is 1. The molecule has 0 spiro atoms. The molecule has 1 aromatic heterocycles. The number of aromatic nitrogens is 4. The highest BCUT2D eigenvalue weighted by Crippen LogP contribution is 2.32. The SMILES string of the molecule is O=C(Oc1ccc(-n2cnnn2)cc1)C1CC(=O)N(CC2CC2)C1. The summed E-state index contributed by atoms with van der Waals surface area (Å²) in [4.78, 5) is 26.1. The van der Waals surface area contributed by atoms with Gasteiger partial charge in [-0.3, -0.25) is 9.59 Å². The number of hydrogen-bond donors (Lipinski definition) is 0. The predicted octanol–water partition coefficient (Wildman–Crippen LogP) is 0.826. The van der Waals surface area contributed by atoms with Gasteiger partial charge in [0.25, 0.3) is 0 Å². The van der Waals surface area contributed by atoms with Gasteiger partial charge in [0, 0.05) is 19.5 Å². The molecule has 8 nitrogen and oxygen atoms in total. The summed E-state index contributed by atoms with van der Waals surface area (Å²) in [6, 6.07) is 6.90. The Labute approximate surface area is 138 Å². The van der Waals surface area contributed by atoms with E-state index in [0.29, 0.717) is 18.2 Å². The Hall–Kier alpha value is -2.77. The van der Waals surface area contributed by atoms with Gasteiger partial charge in [-0.1, -0.05) is 0 Å². The summed E-state index contributed by atoms with van der Waals surface area (Å²) < 4.78 is 6.92. The van der Waals surface area contributed by atoms with Gasteiger partial charge in [0.1, 0.15) is 12.1 Å². The van der Waals surface area contributed by atoms with Crippen LogP contribution in [0.2, 0.25) is 0 Å². The first-order valence-electron chi connectivity index (χ1n) is 8.02. The molecule has 0 radical (unpaired) electrons. The number of likely N-dealkylation sites (tertiary alicyclic amines) is 1. The minimum atomic E-state index is -0.379. The number of ether oxygens (including phenoxy) is 1. The molecule has 0 bridgehead atoms. The summed E-state index contributed by atoms with van der Waals surface area (Å²) in [5, 5.41) is 10.9. The minimum Gasteiger partial charge on any atom is -0.426 e. The number of benzene rings is 1. The molecule has 2 aliphatic rings. The first-order chi connectivity index (χ1) is 11.7. The maximum atomic E-state index is 12.3. The Balaban J connectivity index is 1.36. The lowest BCUT2D eigenvalue weighted by molar-refractivity contribution is -0.139. The van der Waals surface area contributed by atoms with Crippen molar-refractivity contribution < 1.29 is 14.3 Å². The smallest absolute Gasteiger partial charge is 0.316 e. The van der Waals surface area contributed by atoms with Crippen molar-refractivity contribution in [2.24, 2.45) is 11.8 Å². The molecule has 24 heavy (non-hydrogen) atoms. The van der Waals surface area contributed by atoms with E-state index in [1.807, 2.05) is 0 Å². The summed E-state index contributed by atoms with van der Waals surface area (Å²) in [5.41, 5.74) is 0.770. The van der Waals surface area contributed by atoms with Crippen molar-refractivity contribution in [1.29, 1.82) is 0 Å². The highest BCUT2D eigenvalue weighted by atomic mass is 16.5. The molecule has 1 unspecified atom stereocenters. The Bertz CT molecular complexity index is 740. The fourth-order valence-corrected chi connectivity index (χ4v) is 2.86. The second-order valence-corrected chi connectivity index (χ2v) is 6.31. The molecule has 1 aliphatic carbocycles. The number of carbonyl (C=O) groups excluding carboxylic acids is 2. The summed E-state index contributed by atoms with van der Waals surface area (Å²) in [7, 11) is 0. The zero-order valence-electron chi connectivity index (χ0n) is 13.0. The number of amides is 1. The van der Waals surface area contributed by atoms with Crippen LogP contribution in [0.25, 0.3) is 5.69 Å². The van der Waals surface area contributed by atoms with E-state index in [2.05, 4.69) is 15.5 Å². The molecular formula is C16H17N5O3. The van der Waals surface area contributed by atoms with Crippen LogP contribution in [0.5, 0.6) is 5.75 Å². The number of esters is 1. The molecule has 1 amide bonds. The van der Waals surface area contributed by atoms with Crippen molar-refractivity contribution in [2.75, 3.05) is 13.1 Å². The third-order valence-electron chi connectivity index (χ3n) is 4.39. The molecule has 1 atom stereocenters. The number of nitrogens with zero attached hydrogens (tertiary/aromatic N) is 5. The van der Waals surface area contributed by atoms with E-state index in [1.54, 1.807) is 29.2 Å². The van der Waals surface area contributed by atoms with E-state index in [1.165, 1.54) is 23.9 Å². The molecule has 2 fully saturated rings. The van der Waals surface area contributed by atoms with Crippen LogP contribution in [-0.4, -0.2) is 50.1 Å². The average molecular weight is 327 g/mol. The standard InChI is InChI=1S/C16H17N5O3/c22-15-7-12(9-20(15)8-11-1-2-11)16(23)24-14-5-3-13(4-6-14)21-10-17-18-19-21/h3-6,10-12H,1-2,7-9H2. The zero-order chi connectivity index (χ0) is 16.5. The van der Waals surface area contributed by atoms with Gasteiger partial charge in [0.05, 0.1) is 11.6 Å². The van der Waals surface area contributed by atoms with Crippen molar-refractivity contribution in [1.82, 2.24) is 25.1 Å². The largest absolute Gasteiger partial charge is 0.426 e. The van der Waals surface area contributed by atoms with Crippen molar-refractivity contribution >= 4 is 11.9 Å². The van der Waals surface area contributed by atoms with Crippen LogP contribution < -0.4 is 4.74 Å². The van der Waals surface area contributed by atoms with Crippen molar-refractivity contribution in [3.05, 3.63) is 30.6 Å². The average Bonchev–Trinajstić information content (AvgIpc) is 3.08. The van der Waals surface area contributed by atoms with Crippen LogP contribution in [0.1, 0.15) is 19.3 Å². The summed E-state index contributed by atoms with van der Waals surface area (Å²) in [6.45, 7) is 1.25. The van der Waals surface area contributed by atoms with Gasteiger partial charge in [0.15, 0.2) is 0 Å². The van der Waals surface area contributed by atoms with Crippen LogP contribution in [-0.2, 0) is 9.59 Å². The van der Waals surface area contributed by atoms with Crippen molar-refractivity contribution in [2.45, 2.75) is 19.3 Å². The van der Waals surface area contributed by atoms with Crippen molar-refractivity contribution in [3.8, 4) is 11.4 Å². The van der Waals surface area contributed by atoms with Gasteiger partial charge < -0.3 is 9.64 Å². The maximum Gasteiger partial charge on any atom is 0.316 e. The van der Waals surface area contributed by atoms with Gasteiger partial charge in [-0.05, 0) is 53.5 Å². The number of rotatable bonds is 5. The van der Waals surface area contributed by atoms with Gasteiger partial charge in [-0.2, -0.15) is 0 Å². The highest BCUT2D eigenvalue weighted by Gasteiger charge is 2.38. The summed E-state index contributed by atoms with van der Waals surface area (Å²) in [6.07, 6.45) is 4.10. The Morgan fingerprint density at radius 1 is 1.25 bits per heavy atom. The molecule has 1 aliphatic heterocycles. The monoisotopic (exact) mass is 327 g/mol. The van der Waals surface area contributed by atoms with E-state index >= 15 is 0 Å². The fraction of sp³-hybridized carbons (Fsp3) is 0.438. The third-order valence-corrected chi connectivity index (χ3v) is 4.39. The Kier molecular flexibility index (Phi) is 3.72. The van der Waals surface area contributed by atoms with Crippen LogP contribution in [0.4, 0.5) is 0 Å². The van der Waals surface area contributed by atoms with Crippen LogP contribution in [0, 0.1) is 11.8 Å². The van der Waals surface area contributed by atoms with E-state index in [9.17, 15) is 9.59 Å². The Morgan fingerprint density at radius 3 is 2.71 bits per heavy atom. The van der Waals surface area contributed by atoms with E-state index in [-0.39, 0.29) is 24.2 Å².